The minimum atomic E-state index is 0.126. The summed E-state index contributed by atoms with van der Waals surface area (Å²) in [7, 11) is 1.95. The summed E-state index contributed by atoms with van der Waals surface area (Å²) in [6, 6.07) is 10.5. The standard InChI is InChI=1S/C14H19N3/c1-16-14(11-5-3-2-4-6-11)17-13-9-7-12(15)8-10-13/h2-7,9-10,12,14,16-17H,8,15H2,1H3. The van der Waals surface area contributed by atoms with Crippen molar-refractivity contribution < 1.29 is 0 Å². The Morgan fingerprint density at radius 1 is 1.29 bits per heavy atom. The molecule has 2 unspecified atom stereocenters. The molecule has 4 N–H and O–H groups in total. The highest BCUT2D eigenvalue weighted by atomic mass is 15.1. The fourth-order valence-electron chi connectivity index (χ4n) is 1.88. The van der Waals surface area contributed by atoms with Gasteiger partial charge >= 0.3 is 0 Å². The molecule has 0 aromatic heterocycles. The van der Waals surface area contributed by atoms with Gasteiger partial charge in [0.2, 0.25) is 0 Å². The first-order valence-corrected chi connectivity index (χ1v) is 5.92. The fourth-order valence-corrected chi connectivity index (χ4v) is 1.88. The van der Waals surface area contributed by atoms with Gasteiger partial charge in [0, 0.05) is 11.7 Å². The van der Waals surface area contributed by atoms with E-state index in [-0.39, 0.29) is 12.2 Å². The van der Waals surface area contributed by atoms with Gasteiger partial charge in [-0.05, 0) is 25.1 Å². The molecule has 90 valence electrons. The summed E-state index contributed by atoms with van der Waals surface area (Å²) in [6.45, 7) is 0. The SMILES string of the molecule is CNC(NC1=CCC(N)C=C1)c1ccccc1. The smallest absolute Gasteiger partial charge is 0.103 e. The molecule has 2 atom stereocenters. The normalized spacial score (nSPS) is 20.8. The van der Waals surface area contributed by atoms with Crippen molar-refractivity contribution in [2.75, 3.05) is 7.05 Å². The minimum Gasteiger partial charge on any atom is -0.366 e. The van der Waals surface area contributed by atoms with E-state index in [0.717, 1.165) is 12.1 Å². The van der Waals surface area contributed by atoms with Crippen LogP contribution in [0, 0.1) is 0 Å². The molecule has 0 amide bonds. The largest absolute Gasteiger partial charge is 0.366 e. The third-order valence-corrected chi connectivity index (χ3v) is 2.87. The van der Waals surface area contributed by atoms with Crippen molar-refractivity contribution >= 4 is 0 Å². The molecule has 1 aliphatic rings. The lowest BCUT2D eigenvalue weighted by Gasteiger charge is -2.22. The predicted octanol–water partition coefficient (Wildman–Crippen LogP) is 1.67. The van der Waals surface area contributed by atoms with Gasteiger partial charge in [-0.3, -0.25) is 5.32 Å². The van der Waals surface area contributed by atoms with Gasteiger partial charge in [0.1, 0.15) is 6.17 Å². The highest BCUT2D eigenvalue weighted by Crippen LogP contribution is 2.13. The van der Waals surface area contributed by atoms with Crippen LogP contribution in [0.1, 0.15) is 18.2 Å². The maximum atomic E-state index is 5.80. The van der Waals surface area contributed by atoms with Gasteiger partial charge in [-0.25, -0.2) is 0 Å². The number of allylic oxidation sites excluding steroid dienone is 1. The monoisotopic (exact) mass is 229 g/mol. The van der Waals surface area contributed by atoms with Gasteiger partial charge in [-0.2, -0.15) is 0 Å². The fraction of sp³-hybridized carbons (Fsp3) is 0.286. The number of hydrogen-bond donors (Lipinski definition) is 3. The molecule has 0 aliphatic heterocycles. The van der Waals surface area contributed by atoms with Crippen LogP contribution in [-0.4, -0.2) is 13.1 Å². The maximum absolute atomic E-state index is 5.80. The zero-order valence-corrected chi connectivity index (χ0v) is 10.1. The first kappa shape index (κ1) is 11.9. The lowest BCUT2D eigenvalue weighted by Crippen LogP contribution is -2.32. The van der Waals surface area contributed by atoms with Crippen molar-refractivity contribution in [2.24, 2.45) is 5.73 Å². The number of nitrogens with one attached hydrogen (secondary N) is 2. The van der Waals surface area contributed by atoms with Gasteiger partial charge in [0.05, 0.1) is 0 Å². The summed E-state index contributed by atoms with van der Waals surface area (Å²) in [5.74, 6) is 0. The van der Waals surface area contributed by atoms with E-state index in [4.69, 9.17) is 5.73 Å². The second kappa shape index (κ2) is 5.66. The molecule has 0 spiro atoms. The summed E-state index contributed by atoms with van der Waals surface area (Å²) in [4.78, 5) is 0. The molecule has 0 saturated heterocycles. The van der Waals surface area contributed by atoms with Crippen molar-refractivity contribution in [3.8, 4) is 0 Å². The lowest BCUT2D eigenvalue weighted by atomic mass is 10.1. The van der Waals surface area contributed by atoms with Crippen LogP contribution in [0.4, 0.5) is 0 Å². The second-order valence-corrected chi connectivity index (χ2v) is 4.19. The summed E-state index contributed by atoms with van der Waals surface area (Å²) in [5, 5.41) is 6.71. The molecule has 1 aromatic rings. The lowest BCUT2D eigenvalue weighted by molar-refractivity contribution is 0.526. The third kappa shape index (κ3) is 3.19. The van der Waals surface area contributed by atoms with Gasteiger partial charge < -0.3 is 11.1 Å². The minimum absolute atomic E-state index is 0.126. The van der Waals surface area contributed by atoms with Crippen molar-refractivity contribution in [3.63, 3.8) is 0 Å². The van der Waals surface area contributed by atoms with Crippen LogP contribution in [0.25, 0.3) is 0 Å². The molecule has 0 heterocycles. The van der Waals surface area contributed by atoms with Gasteiger partial charge in [-0.1, -0.05) is 42.5 Å². The Balaban J connectivity index is 2.04. The average molecular weight is 229 g/mol. The first-order valence-electron chi connectivity index (χ1n) is 5.92. The average Bonchev–Trinajstić information content (AvgIpc) is 2.39. The maximum Gasteiger partial charge on any atom is 0.103 e. The first-order chi connectivity index (χ1) is 8.29. The van der Waals surface area contributed by atoms with Crippen LogP contribution in [0.5, 0.6) is 0 Å². The predicted molar refractivity (Wildman–Crippen MR) is 71.2 cm³/mol. The van der Waals surface area contributed by atoms with E-state index < -0.39 is 0 Å². The quantitative estimate of drug-likeness (QED) is 0.688. The Morgan fingerprint density at radius 2 is 2.06 bits per heavy atom. The van der Waals surface area contributed by atoms with Crippen LogP contribution in [-0.2, 0) is 0 Å². The van der Waals surface area contributed by atoms with Gasteiger partial charge in [-0.15, -0.1) is 0 Å². The van der Waals surface area contributed by atoms with Crippen molar-refractivity contribution in [1.82, 2.24) is 10.6 Å². The second-order valence-electron chi connectivity index (χ2n) is 4.19. The molecular formula is C14H19N3. The Kier molecular flexibility index (Phi) is 3.96. The zero-order valence-electron chi connectivity index (χ0n) is 10.1. The Bertz CT molecular complexity index is 409. The third-order valence-electron chi connectivity index (χ3n) is 2.87. The van der Waals surface area contributed by atoms with E-state index in [9.17, 15) is 0 Å². The Labute approximate surface area is 102 Å². The van der Waals surface area contributed by atoms with Gasteiger partial charge in [0.25, 0.3) is 0 Å². The molecule has 0 fully saturated rings. The number of hydrogen-bond acceptors (Lipinski definition) is 3. The summed E-state index contributed by atoms with van der Waals surface area (Å²) in [6.07, 6.45) is 7.23. The van der Waals surface area contributed by atoms with Crippen LogP contribution >= 0.6 is 0 Å². The number of rotatable bonds is 4. The molecular weight excluding hydrogens is 210 g/mol. The molecule has 17 heavy (non-hydrogen) atoms. The van der Waals surface area contributed by atoms with Crippen LogP contribution < -0.4 is 16.4 Å². The Hall–Kier alpha value is -1.58. The summed E-state index contributed by atoms with van der Waals surface area (Å²) in [5.41, 5.74) is 8.14. The zero-order chi connectivity index (χ0) is 12.1. The van der Waals surface area contributed by atoms with Crippen molar-refractivity contribution in [3.05, 3.63) is 59.8 Å². The van der Waals surface area contributed by atoms with E-state index in [2.05, 4.69) is 28.8 Å². The highest BCUT2D eigenvalue weighted by Gasteiger charge is 2.10. The molecule has 0 radical (unpaired) electrons. The van der Waals surface area contributed by atoms with Crippen LogP contribution in [0.15, 0.2) is 54.3 Å². The summed E-state index contributed by atoms with van der Waals surface area (Å²) >= 11 is 0. The van der Waals surface area contributed by atoms with E-state index in [1.54, 1.807) is 0 Å². The van der Waals surface area contributed by atoms with E-state index in [1.165, 1.54) is 5.56 Å². The van der Waals surface area contributed by atoms with Crippen LogP contribution in [0.2, 0.25) is 0 Å². The number of nitrogens with two attached hydrogens (primary N) is 1. The molecule has 1 aromatic carbocycles. The molecule has 3 heteroatoms. The molecule has 0 bridgehead atoms. The van der Waals surface area contributed by atoms with Gasteiger partial charge in [0.15, 0.2) is 0 Å². The highest BCUT2D eigenvalue weighted by molar-refractivity contribution is 5.26. The van der Waals surface area contributed by atoms with Crippen molar-refractivity contribution in [1.29, 1.82) is 0 Å². The van der Waals surface area contributed by atoms with Crippen LogP contribution in [0.3, 0.4) is 0 Å². The summed E-state index contributed by atoms with van der Waals surface area (Å²) < 4.78 is 0. The molecule has 3 nitrogen and oxygen atoms in total. The molecule has 2 rings (SSSR count). The topological polar surface area (TPSA) is 50.1 Å². The molecule has 1 aliphatic carbocycles. The Morgan fingerprint density at radius 3 is 2.65 bits per heavy atom. The van der Waals surface area contributed by atoms with Crippen molar-refractivity contribution in [2.45, 2.75) is 18.6 Å². The van der Waals surface area contributed by atoms with E-state index >= 15 is 0 Å². The van der Waals surface area contributed by atoms with E-state index in [1.807, 2.05) is 37.4 Å². The molecule has 0 saturated carbocycles. The number of benzene rings is 1. The van der Waals surface area contributed by atoms with E-state index in [0.29, 0.717) is 0 Å².